The highest BCUT2D eigenvalue weighted by molar-refractivity contribution is 6.22. The molecule has 0 N–H and O–H groups in total. The Morgan fingerprint density at radius 2 is 1.12 bits per heavy atom. The van der Waals surface area contributed by atoms with Crippen LogP contribution in [0.3, 0.4) is 0 Å². The highest BCUT2D eigenvalue weighted by Gasteiger charge is 2.56. The van der Waals surface area contributed by atoms with Gasteiger partial charge in [0.05, 0.1) is 22.4 Å². The lowest BCUT2D eigenvalue weighted by Gasteiger charge is -2.37. The highest BCUT2D eigenvalue weighted by Crippen LogP contribution is 2.53. The molecule has 1 aliphatic carbocycles. The zero-order valence-corrected chi connectivity index (χ0v) is 17.3. The third kappa shape index (κ3) is 3.28. The summed E-state index contributed by atoms with van der Waals surface area (Å²) in [6.45, 7) is 0. The van der Waals surface area contributed by atoms with Gasteiger partial charge in [0, 0.05) is 12.1 Å². The SMILES string of the molecule is O=C1[C@@H]2[C@H](C(=O)N1c1ccc([N+](=O)[O-])cc1)[C@@H](c1ccccc1)CC[C@@H]2c1ccccc1. The van der Waals surface area contributed by atoms with Crippen molar-refractivity contribution in [3.05, 3.63) is 106 Å². The minimum absolute atomic E-state index is 0.0411. The number of rotatable bonds is 4. The van der Waals surface area contributed by atoms with E-state index in [-0.39, 0.29) is 29.3 Å². The average molecular weight is 426 g/mol. The average Bonchev–Trinajstić information content (AvgIpc) is 3.10. The van der Waals surface area contributed by atoms with Crippen molar-refractivity contribution in [2.75, 3.05) is 4.90 Å². The van der Waals surface area contributed by atoms with Crippen LogP contribution < -0.4 is 4.90 Å². The number of carbonyl (C=O) groups excluding carboxylic acids is 2. The van der Waals surface area contributed by atoms with E-state index in [2.05, 4.69) is 0 Å². The number of nitrogens with zero attached hydrogens (tertiary/aromatic N) is 2. The largest absolute Gasteiger partial charge is 0.274 e. The monoisotopic (exact) mass is 426 g/mol. The Balaban J connectivity index is 1.57. The van der Waals surface area contributed by atoms with E-state index < -0.39 is 16.8 Å². The molecule has 0 unspecified atom stereocenters. The van der Waals surface area contributed by atoms with Crippen LogP contribution in [0.5, 0.6) is 0 Å². The summed E-state index contributed by atoms with van der Waals surface area (Å²) in [7, 11) is 0. The maximum atomic E-state index is 13.7. The summed E-state index contributed by atoms with van der Waals surface area (Å²) < 4.78 is 0. The summed E-state index contributed by atoms with van der Waals surface area (Å²) in [6, 6.07) is 25.5. The van der Waals surface area contributed by atoms with E-state index in [9.17, 15) is 19.7 Å². The minimum atomic E-state index is -0.492. The first-order valence-corrected chi connectivity index (χ1v) is 10.8. The third-order valence-corrected chi connectivity index (χ3v) is 6.83. The maximum absolute atomic E-state index is 13.7. The number of hydrogen-bond donors (Lipinski definition) is 0. The van der Waals surface area contributed by atoms with E-state index in [1.165, 1.54) is 29.2 Å². The van der Waals surface area contributed by atoms with Crippen LogP contribution >= 0.6 is 0 Å². The Morgan fingerprint density at radius 1 is 0.688 bits per heavy atom. The van der Waals surface area contributed by atoms with Gasteiger partial charge in [0.1, 0.15) is 0 Å². The molecule has 32 heavy (non-hydrogen) atoms. The van der Waals surface area contributed by atoms with Crippen LogP contribution in [0, 0.1) is 22.0 Å². The molecule has 160 valence electrons. The highest BCUT2D eigenvalue weighted by atomic mass is 16.6. The van der Waals surface area contributed by atoms with Gasteiger partial charge in [0.25, 0.3) is 5.69 Å². The second-order valence-electron chi connectivity index (χ2n) is 8.45. The van der Waals surface area contributed by atoms with Gasteiger partial charge in [-0.1, -0.05) is 60.7 Å². The Bertz CT molecular complexity index is 1100. The molecule has 1 saturated heterocycles. The summed E-state index contributed by atoms with van der Waals surface area (Å²) in [6.07, 6.45) is 1.63. The fraction of sp³-hybridized carbons (Fsp3) is 0.231. The number of hydrogen-bond acceptors (Lipinski definition) is 4. The standard InChI is InChI=1S/C26H22N2O4/c29-25-23-21(17-7-3-1-4-8-17)15-16-22(18-9-5-2-6-10-18)24(23)26(30)27(25)19-11-13-20(14-12-19)28(31)32/h1-14,21-24H,15-16H2/t21-,22-,23-,24+/m1/s1. The van der Waals surface area contributed by atoms with E-state index in [4.69, 9.17) is 0 Å². The van der Waals surface area contributed by atoms with Crippen molar-refractivity contribution in [3.63, 3.8) is 0 Å². The van der Waals surface area contributed by atoms with Gasteiger partial charge in [-0.3, -0.25) is 24.6 Å². The van der Waals surface area contributed by atoms with Gasteiger partial charge in [-0.25, -0.2) is 0 Å². The summed E-state index contributed by atoms with van der Waals surface area (Å²) in [5.41, 5.74) is 2.45. The summed E-state index contributed by atoms with van der Waals surface area (Å²) in [5.74, 6) is -1.44. The van der Waals surface area contributed by atoms with E-state index >= 15 is 0 Å². The second kappa shape index (κ2) is 8.04. The fourth-order valence-electron chi connectivity index (χ4n) is 5.40. The summed E-state index contributed by atoms with van der Waals surface area (Å²) in [4.78, 5) is 39.2. The molecular weight excluding hydrogens is 404 g/mol. The molecule has 6 heteroatoms. The number of non-ortho nitro benzene ring substituents is 1. The van der Waals surface area contributed by atoms with Crippen molar-refractivity contribution in [2.45, 2.75) is 24.7 Å². The maximum Gasteiger partial charge on any atom is 0.269 e. The number of amides is 2. The molecule has 2 aliphatic rings. The van der Waals surface area contributed by atoms with Crippen molar-refractivity contribution in [1.82, 2.24) is 0 Å². The van der Waals surface area contributed by atoms with Crippen LogP contribution in [-0.2, 0) is 9.59 Å². The summed E-state index contributed by atoms with van der Waals surface area (Å²) in [5, 5.41) is 11.0. The molecule has 2 amide bonds. The van der Waals surface area contributed by atoms with E-state index in [0.29, 0.717) is 5.69 Å². The Kier molecular flexibility index (Phi) is 5.05. The molecule has 1 aliphatic heterocycles. The van der Waals surface area contributed by atoms with E-state index in [1.54, 1.807) is 0 Å². The number of benzene rings is 3. The molecule has 4 atom stereocenters. The molecule has 0 bridgehead atoms. The number of nitro benzene ring substituents is 1. The van der Waals surface area contributed by atoms with E-state index in [1.807, 2.05) is 60.7 Å². The van der Waals surface area contributed by atoms with Crippen LogP contribution in [-0.4, -0.2) is 16.7 Å². The minimum Gasteiger partial charge on any atom is -0.274 e. The predicted octanol–water partition coefficient (Wildman–Crippen LogP) is 5.06. The van der Waals surface area contributed by atoms with Gasteiger partial charge >= 0.3 is 0 Å². The second-order valence-corrected chi connectivity index (χ2v) is 8.45. The van der Waals surface area contributed by atoms with Crippen LogP contribution in [0.25, 0.3) is 0 Å². The topological polar surface area (TPSA) is 80.5 Å². The first-order chi connectivity index (χ1) is 15.6. The molecule has 5 rings (SSSR count). The van der Waals surface area contributed by atoms with Crippen molar-refractivity contribution in [2.24, 2.45) is 11.8 Å². The first-order valence-electron chi connectivity index (χ1n) is 10.8. The molecule has 0 aromatic heterocycles. The van der Waals surface area contributed by atoms with Crippen LogP contribution in [0.4, 0.5) is 11.4 Å². The number of anilines is 1. The van der Waals surface area contributed by atoms with Gasteiger partial charge in [0.15, 0.2) is 0 Å². The van der Waals surface area contributed by atoms with Crippen molar-refractivity contribution >= 4 is 23.2 Å². The molecule has 6 nitrogen and oxygen atoms in total. The first kappa shape index (κ1) is 20.1. The molecule has 1 heterocycles. The third-order valence-electron chi connectivity index (χ3n) is 6.83. The Labute approximate surface area is 185 Å². The van der Waals surface area contributed by atoms with Crippen molar-refractivity contribution in [3.8, 4) is 0 Å². The molecule has 3 aromatic carbocycles. The Hall–Kier alpha value is -3.80. The number of fused-ring (bicyclic) bond motifs is 1. The van der Waals surface area contributed by atoms with Gasteiger partial charge in [-0.15, -0.1) is 0 Å². The van der Waals surface area contributed by atoms with Crippen molar-refractivity contribution < 1.29 is 14.5 Å². The molecule has 1 saturated carbocycles. The quantitative estimate of drug-likeness (QED) is 0.332. The molecular formula is C26H22N2O4. The zero-order chi connectivity index (χ0) is 22.2. The summed E-state index contributed by atoms with van der Waals surface area (Å²) >= 11 is 0. The Morgan fingerprint density at radius 3 is 1.53 bits per heavy atom. The van der Waals surface area contributed by atoms with Gasteiger partial charge in [-0.05, 0) is 47.9 Å². The van der Waals surface area contributed by atoms with Gasteiger partial charge < -0.3 is 0 Å². The number of carbonyl (C=O) groups is 2. The van der Waals surface area contributed by atoms with Gasteiger partial charge in [0.2, 0.25) is 11.8 Å². The van der Waals surface area contributed by atoms with Crippen LogP contribution in [0.15, 0.2) is 84.9 Å². The zero-order valence-electron chi connectivity index (χ0n) is 17.3. The number of imide groups is 1. The lowest BCUT2D eigenvalue weighted by Crippen LogP contribution is -2.34. The fourth-order valence-corrected chi connectivity index (χ4v) is 5.40. The molecule has 0 radical (unpaired) electrons. The smallest absolute Gasteiger partial charge is 0.269 e. The molecule has 0 spiro atoms. The lowest BCUT2D eigenvalue weighted by molar-refractivity contribution is -0.384. The molecule has 3 aromatic rings. The van der Waals surface area contributed by atoms with E-state index in [0.717, 1.165) is 24.0 Å². The normalized spacial score (nSPS) is 24.9. The van der Waals surface area contributed by atoms with Crippen LogP contribution in [0.2, 0.25) is 0 Å². The van der Waals surface area contributed by atoms with Gasteiger partial charge in [-0.2, -0.15) is 0 Å². The van der Waals surface area contributed by atoms with Crippen molar-refractivity contribution in [1.29, 1.82) is 0 Å². The predicted molar refractivity (Wildman–Crippen MR) is 120 cm³/mol. The number of nitro groups is 1. The van der Waals surface area contributed by atoms with Crippen LogP contribution in [0.1, 0.15) is 35.8 Å². The lowest BCUT2D eigenvalue weighted by atomic mass is 9.64. The molecule has 2 fully saturated rings.